The van der Waals surface area contributed by atoms with Crippen molar-refractivity contribution < 1.29 is 23.6 Å². The van der Waals surface area contributed by atoms with E-state index in [0.29, 0.717) is 50.0 Å². The number of fused-ring (bicyclic) bond motifs is 1. The second kappa shape index (κ2) is 12.4. The molecule has 0 aliphatic carbocycles. The second-order valence-corrected chi connectivity index (χ2v) is 11.0. The molecule has 0 saturated heterocycles. The minimum absolute atomic E-state index is 0.0826. The maximum absolute atomic E-state index is 13.8. The molecule has 0 spiro atoms. The van der Waals surface area contributed by atoms with Crippen LogP contribution in [0.3, 0.4) is 0 Å². The first kappa shape index (κ1) is 30.0. The number of halogens is 2. The van der Waals surface area contributed by atoms with E-state index in [-0.39, 0.29) is 33.5 Å². The molecule has 1 aliphatic rings. The molecule has 0 fully saturated rings. The SMILES string of the molecule is C=CCOc1ccc([C@H]2C(C(=O)OCC)=C(C)N=c3s/c(=C/c4ccc(-c5cc(Cl)c([N+](=O)[O-])cc5Cl)o4)c(=O)n32)cc1. The van der Waals surface area contributed by atoms with Crippen LogP contribution in [0.1, 0.15) is 31.2 Å². The van der Waals surface area contributed by atoms with Crippen molar-refractivity contribution in [1.82, 2.24) is 4.57 Å². The normalized spacial score (nSPS) is 14.7. The molecule has 0 bridgehead atoms. The Labute approximate surface area is 258 Å². The van der Waals surface area contributed by atoms with Gasteiger partial charge in [-0.15, -0.1) is 0 Å². The molecule has 2 aromatic carbocycles. The monoisotopic (exact) mass is 639 g/mol. The molecule has 2 aromatic heterocycles. The van der Waals surface area contributed by atoms with E-state index in [9.17, 15) is 19.7 Å². The maximum Gasteiger partial charge on any atom is 0.338 e. The fourth-order valence-electron chi connectivity index (χ4n) is 4.58. The third-order valence-corrected chi connectivity index (χ3v) is 8.08. The van der Waals surface area contributed by atoms with Crippen LogP contribution in [0, 0.1) is 10.1 Å². The van der Waals surface area contributed by atoms with Crippen LogP contribution in [0.5, 0.6) is 5.75 Å². The molecule has 5 rings (SSSR count). The number of rotatable bonds is 9. The Balaban J connectivity index is 1.59. The van der Waals surface area contributed by atoms with E-state index in [1.54, 1.807) is 62.4 Å². The summed E-state index contributed by atoms with van der Waals surface area (Å²) in [4.78, 5) is 42.5. The Hall–Kier alpha value is -4.45. The molecule has 0 unspecified atom stereocenters. The number of nitrogens with zero attached hydrogens (tertiary/aromatic N) is 3. The number of carbonyl (C=O) groups excluding carboxylic acids is 1. The maximum atomic E-state index is 13.8. The molecule has 0 amide bonds. The third-order valence-electron chi connectivity index (χ3n) is 6.48. The number of benzene rings is 2. The molecular weight excluding hydrogens is 617 g/mol. The lowest BCUT2D eigenvalue weighted by Crippen LogP contribution is -2.39. The van der Waals surface area contributed by atoms with Crippen LogP contribution in [0.15, 0.2) is 86.7 Å². The first-order chi connectivity index (χ1) is 20.6. The van der Waals surface area contributed by atoms with Crippen molar-refractivity contribution in [1.29, 1.82) is 0 Å². The fraction of sp³-hybridized carbons (Fsp3) is 0.167. The molecule has 10 nitrogen and oxygen atoms in total. The van der Waals surface area contributed by atoms with Gasteiger partial charge in [-0.2, -0.15) is 0 Å². The summed E-state index contributed by atoms with van der Waals surface area (Å²) < 4.78 is 18.6. The van der Waals surface area contributed by atoms with Gasteiger partial charge in [0.2, 0.25) is 0 Å². The van der Waals surface area contributed by atoms with E-state index in [1.165, 1.54) is 10.6 Å². The van der Waals surface area contributed by atoms with Crippen LogP contribution in [0.25, 0.3) is 17.4 Å². The highest BCUT2D eigenvalue weighted by atomic mass is 35.5. The number of esters is 1. The van der Waals surface area contributed by atoms with Crippen LogP contribution in [0.2, 0.25) is 10.0 Å². The van der Waals surface area contributed by atoms with Crippen LogP contribution in [-0.4, -0.2) is 28.7 Å². The van der Waals surface area contributed by atoms with Crippen LogP contribution in [0.4, 0.5) is 5.69 Å². The van der Waals surface area contributed by atoms with Crippen LogP contribution < -0.4 is 19.6 Å². The average molecular weight is 641 g/mol. The van der Waals surface area contributed by atoms with Gasteiger partial charge < -0.3 is 13.9 Å². The smallest absolute Gasteiger partial charge is 0.338 e. The number of furan rings is 1. The Kier molecular flexibility index (Phi) is 8.67. The van der Waals surface area contributed by atoms with Gasteiger partial charge >= 0.3 is 5.97 Å². The molecule has 0 saturated carbocycles. The van der Waals surface area contributed by atoms with E-state index >= 15 is 0 Å². The summed E-state index contributed by atoms with van der Waals surface area (Å²) in [5.41, 5.74) is 1.01. The van der Waals surface area contributed by atoms with E-state index in [4.69, 9.17) is 37.1 Å². The fourth-order valence-corrected chi connectivity index (χ4v) is 6.09. The van der Waals surface area contributed by atoms with E-state index in [2.05, 4.69) is 11.6 Å². The minimum atomic E-state index is -0.792. The van der Waals surface area contributed by atoms with E-state index < -0.39 is 16.9 Å². The standard InChI is InChI=1S/C30H23Cl2N3O7S/c1-4-12-41-18-8-6-17(7-9-18)27-26(29(37)40-5-2)16(3)33-30-34(27)28(36)25(43-30)13-19-10-11-24(42-19)20-14-22(32)23(35(38)39)15-21(20)31/h4,6-11,13-15,27H,1,5,12H2,2-3H3/b25-13+/t27-/m0/s1. The molecule has 3 heterocycles. The Morgan fingerprint density at radius 3 is 2.63 bits per heavy atom. The zero-order valence-corrected chi connectivity index (χ0v) is 25.2. The lowest BCUT2D eigenvalue weighted by molar-refractivity contribution is -0.384. The number of nitro groups is 1. The summed E-state index contributed by atoms with van der Waals surface area (Å²) in [6, 6.07) is 12.1. The Bertz CT molecular complexity index is 1970. The summed E-state index contributed by atoms with van der Waals surface area (Å²) >= 11 is 13.5. The number of carbonyl (C=O) groups is 1. The molecular formula is C30H23Cl2N3O7S. The van der Waals surface area contributed by atoms with Crippen molar-refractivity contribution >= 4 is 52.3 Å². The van der Waals surface area contributed by atoms with Crippen molar-refractivity contribution in [2.24, 2.45) is 4.99 Å². The highest BCUT2D eigenvalue weighted by molar-refractivity contribution is 7.07. The van der Waals surface area contributed by atoms with Crippen molar-refractivity contribution in [3.8, 4) is 17.1 Å². The predicted molar refractivity (Wildman–Crippen MR) is 163 cm³/mol. The number of aromatic nitrogens is 1. The Morgan fingerprint density at radius 2 is 1.95 bits per heavy atom. The van der Waals surface area contributed by atoms with Gasteiger partial charge in [-0.3, -0.25) is 19.5 Å². The summed E-state index contributed by atoms with van der Waals surface area (Å²) in [6.07, 6.45) is 3.19. The zero-order valence-electron chi connectivity index (χ0n) is 22.8. The number of hydrogen-bond acceptors (Lipinski definition) is 9. The molecule has 4 aromatic rings. The van der Waals surface area contributed by atoms with Crippen LogP contribution >= 0.6 is 34.5 Å². The predicted octanol–water partition coefficient (Wildman–Crippen LogP) is 5.84. The first-order valence-corrected chi connectivity index (χ1v) is 14.5. The molecule has 1 atom stereocenters. The average Bonchev–Trinajstić information content (AvgIpc) is 3.56. The highest BCUT2D eigenvalue weighted by Crippen LogP contribution is 2.37. The van der Waals surface area contributed by atoms with Crippen molar-refractivity contribution in [2.75, 3.05) is 13.2 Å². The van der Waals surface area contributed by atoms with Gasteiger partial charge in [0.05, 0.1) is 38.4 Å². The minimum Gasteiger partial charge on any atom is -0.490 e. The van der Waals surface area contributed by atoms with Gasteiger partial charge in [0.15, 0.2) is 4.80 Å². The lowest BCUT2D eigenvalue weighted by Gasteiger charge is -2.24. The van der Waals surface area contributed by atoms with E-state index in [1.807, 2.05) is 0 Å². The molecule has 13 heteroatoms. The first-order valence-electron chi connectivity index (χ1n) is 12.9. The number of thiazole rings is 1. The molecule has 43 heavy (non-hydrogen) atoms. The second-order valence-electron chi connectivity index (χ2n) is 9.21. The number of allylic oxidation sites excluding steroid dienone is 1. The summed E-state index contributed by atoms with van der Waals surface area (Å²) in [7, 11) is 0. The summed E-state index contributed by atoms with van der Waals surface area (Å²) in [5.74, 6) is 0.673. The largest absolute Gasteiger partial charge is 0.490 e. The molecule has 1 aliphatic heterocycles. The van der Waals surface area contributed by atoms with Crippen molar-refractivity contribution in [3.05, 3.63) is 124 Å². The number of nitro benzene ring substituents is 1. The van der Waals surface area contributed by atoms with Gasteiger partial charge in [-0.1, -0.05) is 59.3 Å². The topological polar surface area (TPSA) is 126 Å². The van der Waals surface area contributed by atoms with Gasteiger partial charge in [0, 0.05) is 17.7 Å². The zero-order chi connectivity index (χ0) is 30.8. The summed E-state index contributed by atoms with van der Waals surface area (Å²) in [6.45, 7) is 7.55. The third kappa shape index (κ3) is 5.92. The van der Waals surface area contributed by atoms with Gasteiger partial charge in [-0.05, 0) is 49.7 Å². The molecule has 0 N–H and O–H groups in total. The van der Waals surface area contributed by atoms with Crippen LogP contribution in [-0.2, 0) is 9.53 Å². The van der Waals surface area contributed by atoms with Gasteiger partial charge in [0.25, 0.3) is 11.2 Å². The number of hydrogen-bond donors (Lipinski definition) is 0. The highest BCUT2D eigenvalue weighted by Gasteiger charge is 2.33. The van der Waals surface area contributed by atoms with Gasteiger partial charge in [-0.25, -0.2) is 9.79 Å². The Morgan fingerprint density at radius 1 is 1.21 bits per heavy atom. The van der Waals surface area contributed by atoms with E-state index in [0.717, 1.165) is 17.4 Å². The van der Waals surface area contributed by atoms with Crippen molar-refractivity contribution in [3.63, 3.8) is 0 Å². The molecule has 0 radical (unpaired) electrons. The van der Waals surface area contributed by atoms with Crippen molar-refractivity contribution in [2.45, 2.75) is 19.9 Å². The number of ether oxygens (including phenoxy) is 2. The molecule has 220 valence electrons. The lowest BCUT2D eigenvalue weighted by atomic mass is 9.96. The quantitative estimate of drug-likeness (QED) is 0.0974. The summed E-state index contributed by atoms with van der Waals surface area (Å²) in [5, 5.41) is 11.2. The van der Waals surface area contributed by atoms with Gasteiger partial charge in [0.1, 0.15) is 28.9 Å².